The van der Waals surface area contributed by atoms with Gasteiger partial charge in [-0.05, 0) is 81.9 Å². The van der Waals surface area contributed by atoms with Crippen molar-refractivity contribution in [2.24, 2.45) is 0 Å². The Hall–Kier alpha value is -4.87. The van der Waals surface area contributed by atoms with E-state index in [-0.39, 0.29) is 67.5 Å². The highest BCUT2D eigenvalue weighted by atomic mass is 31.2. The summed E-state index contributed by atoms with van der Waals surface area (Å²) in [7, 11) is -3.55. The van der Waals surface area contributed by atoms with Crippen LogP contribution in [0.2, 0.25) is 0 Å². The van der Waals surface area contributed by atoms with Crippen LogP contribution in [0.3, 0.4) is 0 Å². The number of methoxy groups -OCH3 is 1. The fraction of sp³-hybridized carbons (Fsp3) is 0.684. The number of imidazole rings is 1. The van der Waals surface area contributed by atoms with E-state index in [0.717, 1.165) is 77.0 Å². The van der Waals surface area contributed by atoms with Gasteiger partial charge in [-0.15, -0.1) is 0 Å². The number of phosphoric ester groups is 1. The number of nitrogen functional groups attached to an aromatic ring is 1. The average molecular weight is 1090 g/mol. The molecule has 6 N–H and O–H groups in total. The minimum Gasteiger partial charge on any atom is -0.461 e. The number of anilines is 1. The number of aromatic nitrogens is 4. The van der Waals surface area contributed by atoms with E-state index >= 15 is 0 Å². The van der Waals surface area contributed by atoms with Crippen molar-refractivity contribution >= 4 is 42.7 Å². The molecule has 428 valence electrons. The number of phosphoric acid groups is 1. The Labute approximate surface area is 452 Å². The van der Waals surface area contributed by atoms with Crippen molar-refractivity contribution in [2.75, 3.05) is 45.8 Å². The predicted molar refractivity (Wildman–Crippen MR) is 299 cm³/mol. The first-order chi connectivity index (χ1) is 36.8. The second-order valence-corrected chi connectivity index (χ2v) is 21.1. The highest BCUT2D eigenvalue weighted by Crippen LogP contribution is 2.38. The molecule has 1 amide bonds. The first kappa shape index (κ1) is 65.4. The van der Waals surface area contributed by atoms with Crippen LogP contribution in [0.15, 0.2) is 53.4 Å². The minimum atomic E-state index is -5.08. The minimum absolute atomic E-state index is 0.0146. The van der Waals surface area contributed by atoms with E-state index in [1.165, 1.54) is 88.7 Å². The van der Waals surface area contributed by atoms with Crippen molar-refractivity contribution in [1.82, 2.24) is 24.8 Å². The second kappa shape index (κ2) is 39.5. The molecule has 0 bridgehead atoms. The van der Waals surface area contributed by atoms with Gasteiger partial charge >= 0.3 is 31.5 Å². The maximum atomic E-state index is 13.5. The quantitative estimate of drug-likeness (QED) is 0.0153. The molecule has 0 spiro atoms. The summed E-state index contributed by atoms with van der Waals surface area (Å²) in [5.41, 5.74) is 5.20. The fourth-order valence-corrected chi connectivity index (χ4v) is 9.07. The van der Waals surface area contributed by atoms with Crippen molar-refractivity contribution in [3.8, 4) is 6.01 Å². The van der Waals surface area contributed by atoms with E-state index in [2.05, 4.69) is 58.4 Å². The molecule has 18 nitrogen and oxygen atoms in total. The third-order valence-electron chi connectivity index (χ3n) is 13.2. The maximum absolute atomic E-state index is 13.5. The topological polar surface area (TPSA) is 257 Å². The molecular weight excluding hydrogens is 992 g/mol. The summed E-state index contributed by atoms with van der Waals surface area (Å²) in [6.45, 7) is 3.55. The summed E-state index contributed by atoms with van der Waals surface area (Å²) >= 11 is 0. The highest BCUT2D eigenvalue weighted by molar-refractivity contribution is 7.46. The van der Waals surface area contributed by atoms with Crippen molar-refractivity contribution in [1.29, 1.82) is 0 Å². The van der Waals surface area contributed by atoms with Gasteiger partial charge in [0, 0.05) is 38.5 Å². The molecule has 0 saturated heterocycles. The predicted octanol–water partition coefficient (Wildman–Crippen LogP) is 11.9. The molecule has 0 aliphatic rings. The lowest BCUT2D eigenvalue weighted by molar-refractivity contribution is -0.179. The Bertz CT molecular complexity index is 2240. The normalized spacial score (nSPS) is 12.7. The lowest BCUT2D eigenvalue weighted by Crippen LogP contribution is -2.47. The molecule has 1 aromatic carbocycles. The largest absolute Gasteiger partial charge is 0.469 e. The van der Waals surface area contributed by atoms with Crippen LogP contribution in [0.1, 0.15) is 216 Å². The third-order valence-corrected chi connectivity index (χ3v) is 13.6. The number of amides is 1. The van der Waals surface area contributed by atoms with E-state index in [1.54, 1.807) is 24.3 Å². The number of benzene rings is 1. The number of nitrogens with two attached hydrogens (primary N) is 1. The average Bonchev–Trinajstić information content (AvgIpc) is 3.71. The lowest BCUT2D eigenvalue weighted by Gasteiger charge is -2.33. The molecule has 19 heteroatoms. The Morgan fingerprint density at radius 3 is 1.75 bits per heavy atom. The molecule has 0 aliphatic carbocycles. The summed E-state index contributed by atoms with van der Waals surface area (Å²) in [6.07, 6.45) is 37.7. The fourth-order valence-electron chi connectivity index (χ4n) is 8.66. The van der Waals surface area contributed by atoms with E-state index in [4.69, 9.17) is 29.2 Å². The van der Waals surface area contributed by atoms with Crippen LogP contribution < -0.4 is 21.5 Å². The Kier molecular flexibility index (Phi) is 34.0. The molecule has 0 aliphatic heterocycles. The number of carbonyl (C=O) groups is 3. The summed E-state index contributed by atoms with van der Waals surface area (Å²) in [6, 6.07) is 6.47. The van der Waals surface area contributed by atoms with Gasteiger partial charge in [-0.3, -0.25) is 23.5 Å². The van der Waals surface area contributed by atoms with E-state index in [0.29, 0.717) is 25.0 Å². The number of hydrogen-bond acceptors (Lipinski definition) is 13. The van der Waals surface area contributed by atoms with Gasteiger partial charge in [0.15, 0.2) is 17.1 Å². The van der Waals surface area contributed by atoms with Crippen molar-refractivity contribution in [2.45, 2.75) is 212 Å². The standard InChI is InChI=1S/C57H93N6O12P/c1-4-6-8-10-12-14-16-18-20-22-24-26-28-30-32-34-49(64)73-45-57(46-74-76(68,69)70,75-50(65)35-33-31-29-27-25-23-21-19-17-15-13-11-9-7-5-2)40-41-59-54(66)48-38-36-47(37-39-48)44-63-53-51(60-56(63)67)52(58)61-55(62-53)72-43-42-71-3/h18-21,36-39H,4-17,22-35,40-46H2,1-3H3,(H,59,66)(H,60,67)(H2,58,61,62)(H2,68,69,70). The number of hydrogen-bond donors (Lipinski definition) is 5. The number of fused-ring (bicyclic) bond motifs is 1. The third kappa shape index (κ3) is 29.0. The van der Waals surface area contributed by atoms with Gasteiger partial charge in [0.25, 0.3) is 5.91 Å². The molecule has 2 heterocycles. The molecule has 1 atom stereocenters. The van der Waals surface area contributed by atoms with Gasteiger partial charge in [-0.25, -0.2) is 9.36 Å². The monoisotopic (exact) mass is 1080 g/mol. The van der Waals surface area contributed by atoms with Gasteiger partial charge < -0.3 is 44.8 Å². The smallest absolute Gasteiger partial charge is 0.461 e. The van der Waals surface area contributed by atoms with Crippen LogP contribution in [0.4, 0.5) is 5.82 Å². The molecular formula is C57H93N6O12P. The lowest BCUT2D eigenvalue weighted by atomic mass is 10.0. The number of ether oxygens (including phenoxy) is 4. The number of carbonyl (C=O) groups excluding carboxylic acids is 3. The molecule has 3 aromatic rings. The van der Waals surface area contributed by atoms with Crippen LogP contribution in [0.25, 0.3) is 11.2 Å². The van der Waals surface area contributed by atoms with Gasteiger partial charge in [0.05, 0.1) is 13.2 Å². The van der Waals surface area contributed by atoms with Crippen LogP contribution in [-0.4, -0.2) is 92.8 Å². The van der Waals surface area contributed by atoms with Crippen molar-refractivity contribution in [3.05, 3.63) is 70.2 Å². The Balaban J connectivity index is 1.59. The number of nitrogens with zero attached hydrogens (tertiary/aromatic N) is 3. The van der Waals surface area contributed by atoms with E-state index in [9.17, 15) is 33.5 Å². The van der Waals surface area contributed by atoms with Gasteiger partial charge in [0.2, 0.25) is 0 Å². The number of allylic oxidation sites excluding steroid dienone is 4. The maximum Gasteiger partial charge on any atom is 0.469 e. The second-order valence-electron chi connectivity index (χ2n) is 19.9. The van der Waals surface area contributed by atoms with E-state index < -0.39 is 50.2 Å². The van der Waals surface area contributed by atoms with Gasteiger partial charge in [0.1, 0.15) is 25.3 Å². The molecule has 0 radical (unpaired) electrons. The molecule has 2 aromatic heterocycles. The summed E-state index contributed by atoms with van der Waals surface area (Å²) in [4.78, 5) is 83.7. The number of esters is 2. The van der Waals surface area contributed by atoms with Crippen molar-refractivity contribution < 1.29 is 52.2 Å². The first-order valence-electron chi connectivity index (χ1n) is 28.4. The Morgan fingerprint density at radius 1 is 0.711 bits per heavy atom. The van der Waals surface area contributed by atoms with Gasteiger partial charge in [-0.2, -0.15) is 9.97 Å². The van der Waals surface area contributed by atoms with E-state index in [1.807, 2.05) is 0 Å². The van der Waals surface area contributed by atoms with Crippen LogP contribution in [0.5, 0.6) is 6.01 Å². The van der Waals surface area contributed by atoms with Crippen LogP contribution in [-0.2, 0) is 39.4 Å². The number of unbranched alkanes of at least 4 members (excludes halogenated alkanes) is 22. The number of H-pyrrole nitrogens is 1. The summed E-state index contributed by atoms with van der Waals surface area (Å²) in [5.74, 6) is -1.64. The van der Waals surface area contributed by atoms with Gasteiger partial charge in [-0.1, -0.05) is 153 Å². The molecule has 3 rings (SSSR count). The van der Waals surface area contributed by atoms with Crippen LogP contribution in [0, 0.1) is 0 Å². The zero-order valence-electron chi connectivity index (χ0n) is 46.2. The summed E-state index contributed by atoms with van der Waals surface area (Å²) < 4.78 is 40.5. The zero-order valence-corrected chi connectivity index (χ0v) is 47.1. The summed E-state index contributed by atoms with van der Waals surface area (Å²) in [5, 5.41) is 2.78. The Morgan fingerprint density at radius 2 is 1.22 bits per heavy atom. The molecule has 1 unspecified atom stereocenters. The first-order valence-corrected chi connectivity index (χ1v) is 29.9. The molecule has 0 saturated carbocycles. The molecule has 76 heavy (non-hydrogen) atoms. The SMILES string of the molecule is CCCCCCCCC=CCCCCCCCC(=O)OCC(CCNC(=O)c1ccc(Cn2c(=O)[nH]c3c(N)nc(OCCOC)nc32)cc1)(COP(=O)(O)O)OC(=O)CCCCCCCC=CCCCCCCCC. The zero-order chi connectivity index (χ0) is 55.1. The molecule has 0 fully saturated rings. The number of aromatic amines is 1. The highest BCUT2D eigenvalue weighted by Gasteiger charge is 2.39. The number of rotatable bonds is 46. The van der Waals surface area contributed by atoms with Crippen molar-refractivity contribution in [3.63, 3.8) is 0 Å². The number of nitrogens with one attached hydrogen (secondary N) is 2. The van der Waals surface area contributed by atoms with Crippen LogP contribution >= 0.6 is 7.82 Å².